The molecule has 3 heteroatoms. The Hall–Kier alpha value is -0.860. The second kappa shape index (κ2) is 12.6. The maximum absolute atomic E-state index is 11.6. The molecule has 18 heavy (non-hydrogen) atoms. The van der Waals surface area contributed by atoms with Crippen molar-refractivity contribution in [2.75, 3.05) is 0 Å². The van der Waals surface area contributed by atoms with E-state index in [1.54, 1.807) is 0 Å². The van der Waals surface area contributed by atoms with Gasteiger partial charge in [-0.15, -0.1) is 0 Å². The first-order valence-electron chi connectivity index (χ1n) is 7.58. The zero-order valence-electron chi connectivity index (χ0n) is 12.4. The molecule has 0 saturated heterocycles. The van der Waals surface area contributed by atoms with Crippen LogP contribution in [0.15, 0.2) is 5.10 Å². The van der Waals surface area contributed by atoms with Crippen LogP contribution in [0.2, 0.25) is 0 Å². The summed E-state index contributed by atoms with van der Waals surface area (Å²) < 4.78 is 0. The van der Waals surface area contributed by atoms with Crippen molar-refractivity contribution in [3.05, 3.63) is 0 Å². The zero-order chi connectivity index (χ0) is 13.6. The van der Waals surface area contributed by atoms with Gasteiger partial charge in [0.1, 0.15) is 0 Å². The number of rotatable bonds is 11. The van der Waals surface area contributed by atoms with Crippen LogP contribution in [0.25, 0.3) is 0 Å². The van der Waals surface area contributed by atoms with Gasteiger partial charge in [0.25, 0.3) is 0 Å². The molecule has 0 spiro atoms. The van der Waals surface area contributed by atoms with Crippen LogP contribution in [0.1, 0.15) is 85.0 Å². The Labute approximate surface area is 112 Å². The lowest BCUT2D eigenvalue weighted by Gasteiger charge is -2.05. The van der Waals surface area contributed by atoms with Crippen LogP contribution < -0.4 is 5.43 Å². The van der Waals surface area contributed by atoms with E-state index in [9.17, 15) is 4.79 Å². The van der Waals surface area contributed by atoms with Crippen molar-refractivity contribution in [2.45, 2.75) is 85.0 Å². The van der Waals surface area contributed by atoms with Gasteiger partial charge in [0.2, 0.25) is 5.91 Å². The molecule has 0 aliphatic carbocycles. The molecule has 0 aromatic carbocycles. The molecule has 0 radical (unpaired) electrons. The minimum Gasteiger partial charge on any atom is -0.273 e. The third-order valence-corrected chi connectivity index (χ3v) is 2.92. The third kappa shape index (κ3) is 10.3. The minimum atomic E-state index is 0.0659. The smallest absolute Gasteiger partial charge is 0.240 e. The largest absolute Gasteiger partial charge is 0.273 e. The zero-order valence-corrected chi connectivity index (χ0v) is 12.4. The average molecular weight is 254 g/mol. The van der Waals surface area contributed by atoms with Gasteiger partial charge in [-0.1, -0.05) is 59.3 Å². The van der Waals surface area contributed by atoms with Gasteiger partial charge in [-0.2, -0.15) is 5.10 Å². The standard InChI is InChI=1S/C15H30N2O/c1-4-7-8-9-10-13-15(18)17-16-14(11-5-2)12-6-3/h4-13H2,1-3H3,(H,17,18). The first-order valence-corrected chi connectivity index (χ1v) is 7.58. The summed E-state index contributed by atoms with van der Waals surface area (Å²) in [5.41, 5.74) is 3.82. The number of hydrogen-bond acceptors (Lipinski definition) is 2. The molecule has 0 rings (SSSR count). The summed E-state index contributed by atoms with van der Waals surface area (Å²) in [6.07, 6.45) is 10.7. The number of nitrogens with zero attached hydrogens (tertiary/aromatic N) is 1. The Bertz CT molecular complexity index is 229. The number of hydrazone groups is 1. The van der Waals surface area contributed by atoms with Crippen LogP contribution in [-0.4, -0.2) is 11.6 Å². The highest BCUT2D eigenvalue weighted by Crippen LogP contribution is 2.05. The maximum Gasteiger partial charge on any atom is 0.240 e. The van der Waals surface area contributed by atoms with Crippen LogP contribution in [0.3, 0.4) is 0 Å². The summed E-state index contributed by atoms with van der Waals surface area (Å²) in [6, 6.07) is 0. The molecule has 0 fully saturated rings. The van der Waals surface area contributed by atoms with E-state index in [4.69, 9.17) is 0 Å². The molecule has 106 valence electrons. The quantitative estimate of drug-likeness (QED) is 0.331. The first-order chi connectivity index (χ1) is 8.74. The number of hydrogen-bond donors (Lipinski definition) is 1. The molecular weight excluding hydrogens is 224 g/mol. The summed E-state index contributed by atoms with van der Waals surface area (Å²) in [4.78, 5) is 11.6. The van der Waals surface area contributed by atoms with E-state index in [1.165, 1.54) is 19.3 Å². The lowest BCUT2D eigenvalue weighted by molar-refractivity contribution is -0.121. The molecule has 0 aromatic heterocycles. The van der Waals surface area contributed by atoms with Crippen molar-refractivity contribution in [2.24, 2.45) is 5.10 Å². The van der Waals surface area contributed by atoms with Crippen molar-refractivity contribution in [1.82, 2.24) is 5.43 Å². The van der Waals surface area contributed by atoms with Crippen LogP contribution in [0.4, 0.5) is 0 Å². The molecule has 0 unspecified atom stereocenters. The summed E-state index contributed by atoms with van der Waals surface area (Å²) in [6.45, 7) is 6.48. The fourth-order valence-corrected chi connectivity index (χ4v) is 1.90. The molecule has 1 amide bonds. The topological polar surface area (TPSA) is 41.5 Å². The predicted molar refractivity (Wildman–Crippen MR) is 78.8 cm³/mol. The van der Waals surface area contributed by atoms with Crippen molar-refractivity contribution < 1.29 is 4.79 Å². The van der Waals surface area contributed by atoms with E-state index in [1.807, 2.05) is 0 Å². The lowest BCUT2D eigenvalue weighted by Crippen LogP contribution is -2.19. The van der Waals surface area contributed by atoms with Gasteiger partial charge in [0.15, 0.2) is 0 Å². The Balaban J connectivity index is 3.74. The van der Waals surface area contributed by atoms with E-state index in [-0.39, 0.29) is 5.91 Å². The Morgan fingerprint density at radius 2 is 1.44 bits per heavy atom. The fourth-order valence-electron chi connectivity index (χ4n) is 1.90. The Morgan fingerprint density at radius 1 is 0.833 bits per heavy atom. The van der Waals surface area contributed by atoms with E-state index >= 15 is 0 Å². The molecule has 0 aliphatic rings. The van der Waals surface area contributed by atoms with Gasteiger partial charge in [-0.25, -0.2) is 5.43 Å². The highest BCUT2D eigenvalue weighted by molar-refractivity contribution is 5.86. The van der Waals surface area contributed by atoms with Crippen molar-refractivity contribution in [1.29, 1.82) is 0 Å². The lowest BCUT2D eigenvalue weighted by atomic mass is 10.1. The first kappa shape index (κ1) is 17.1. The van der Waals surface area contributed by atoms with Gasteiger partial charge in [0, 0.05) is 12.1 Å². The normalized spacial score (nSPS) is 10.2. The molecular formula is C15H30N2O. The highest BCUT2D eigenvalue weighted by atomic mass is 16.2. The molecule has 0 saturated carbocycles. The highest BCUT2D eigenvalue weighted by Gasteiger charge is 2.01. The molecule has 0 bridgehead atoms. The molecule has 0 aliphatic heterocycles. The van der Waals surface area contributed by atoms with Crippen LogP contribution in [-0.2, 0) is 4.79 Å². The number of carbonyl (C=O) groups excluding carboxylic acids is 1. The van der Waals surface area contributed by atoms with E-state index in [2.05, 4.69) is 31.3 Å². The van der Waals surface area contributed by atoms with Gasteiger partial charge >= 0.3 is 0 Å². The van der Waals surface area contributed by atoms with Crippen molar-refractivity contribution >= 4 is 11.6 Å². The van der Waals surface area contributed by atoms with E-state index < -0.39 is 0 Å². The molecule has 0 heterocycles. The van der Waals surface area contributed by atoms with Crippen molar-refractivity contribution in [3.8, 4) is 0 Å². The van der Waals surface area contributed by atoms with Crippen LogP contribution in [0, 0.1) is 0 Å². The van der Waals surface area contributed by atoms with Crippen LogP contribution >= 0.6 is 0 Å². The second-order valence-electron chi connectivity index (χ2n) is 4.88. The number of nitrogens with one attached hydrogen (secondary N) is 1. The van der Waals surface area contributed by atoms with Gasteiger partial charge in [-0.3, -0.25) is 4.79 Å². The average Bonchev–Trinajstić information content (AvgIpc) is 2.36. The summed E-state index contributed by atoms with van der Waals surface area (Å²) >= 11 is 0. The summed E-state index contributed by atoms with van der Waals surface area (Å²) in [7, 11) is 0. The minimum absolute atomic E-state index is 0.0659. The number of amides is 1. The van der Waals surface area contributed by atoms with Crippen LogP contribution in [0.5, 0.6) is 0 Å². The molecule has 1 N–H and O–H groups in total. The van der Waals surface area contributed by atoms with E-state index in [0.717, 1.165) is 44.2 Å². The molecule has 0 atom stereocenters. The molecule has 3 nitrogen and oxygen atoms in total. The van der Waals surface area contributed by atoms with Crippen molar-refractivity contribution in [3.63, 3.8) is 0 Å². The second-order valence-corrected chi connectivity index (χ2v) is 4.88. The number of carbonyl (C=O) groups is 1. The van der Waals surface area contributed by atoms with Gasteiger partial charge < -0.3 is 0 Å². The summed E-state index contributed by atoms with van der Waals surface area (Å²) in [5.74, 6) is 0.0659. The SMILES string of the molecule is CCCCCCCC(=O)NN=C(CCC)CCC. The fraction of sp³-hybridized carbons (Fsp3) is 0.867. The maximum atomic E-state index is 11.6. The molecule has 0 aromatic rings. The predicted octanol–water partition coefficient (Wildman–Crippen LogP) is 4.42. The number of unbranched alkanes of at least 4 members (excludes halogenated alkanes) is 4. The monoisotopic (exact) mass is 254 g/mol. The van der Waals surface area contributed by atoms with E-state index in [0.29, 0.717) is 6.42 Å². The van der Waals surface area contributed by atoms with Gasteiger partial charge in [-0.05, 0) is 19.3 Å². The Morgan fingerprint density at radius 3 is 2.00 bits per heavy atom. The summed E-state index contributed by atoms with van der Waals surface area (Å²) in [5, 5.41) is 4.24. The third-order valence-electron chi connectivity index (χ3n) is 2.92. The van der Waals surface area contributed by atoms with Gasteiger partial charge in [0.05, 0.1) is 0 Å². The Kier molecular flexibility index (Phi) is 12.0.